The maximum absolute atomic E-state index is 14.1. The number of amides is 2. The summed E-state index contributed by atoms with van der Waals surface area (Å²) in [5.41, 5.74) is 0.614. The molecule has 0 saturated carbocycles. The van der Waals surface area contributed by atoms with E-state index in [-0.39, 0.29) is 28.4 Å². The molecule has 1 aliphatic rings. The average molecular weight is 460 g/mol. The van der Waals surface area contributed by atoms with E-state index in [1.165, 1.54) is 15.6 Å². The van der Waals surface area contributed by atoms with Gasteiger partial charge in [0.25, 0.3) is 5.91 Å². The number of nitrogen functional groups attached to an aromatic ring is 1. The van der Waals surface area contributed by atoms with Gasteiger partial charge in [0.2, 0.25) is 11.1 Å². The van der Waals surface area contributed by atoms with E-state index in [0.29, 0.717) is 30.0 Å². The predicted molar refractivity (Wildman–Crippen MR) is 117 cm³/mol. The van der Waals surface area contributed by atoms with Gasteiger partial charge in [-0.05, 0) is 49.2 Å². The third-order valence-corrected chi connectivity index (χ3v) is 6.47. The zero-order chi connectivity index (χ0) is 22.0. The van der Waals surface area contributed by atoms with Crippen LogP contribution in [0.1, 0.15) is 29.6 Å². The SMILES string of the molecule is Nn1c(SC2CCCCN(C(=O)c3ccc(Cl)cc3)C2=O)nnc1-c1ccccc1F. The molecule has 2 heterocycles. The summed E-state index contributed by atoms with van der Waals surface area (Å²) in [6, 6.07) is 12.5. The molecule has 0 aliphatic carbocycles. The molecule has 4 rings (SSSR count). The van der Waals surface area contributed by atoms with E-state index in [9.17, 15) is 14.0 Å². The van der Waals surface area contributed by atoms with Crippen LogP contribution in [-0.2, 0) is 4.79 Å². The molecule has 0 bridgehead atoms. The van der Waals surface area contributed by atoms with E-state index in [1.807, 2.05) is 0 Å². The molecule has 160 valence electrons. The molecular formula is C21H19ClFN5O2S. The van der Waals surface area contributed by atoms with Crippen molar-refractivity contribution < 1.29 is 14.0 Å². The molecule has 3 aromatic rings. The summed E-state index contributed by atoms with van der Waals surface area (Å²) in [4.78, 5) is 27.4. The van der Waals surface area contributed by atoms with Gasteiger partial charge in [-0.25, -0.2) is 9.07 Å². The topological polar surface area (TPSA) is 94.1 Å². The fourth-order valence-corrected chi connectivity index (χ4v) is 4.56. The van der Waals surface area contributed by atoms with Crippen LogP contribution in [0.25, 0.3) is 11.4 Å². The number of rotatable bonds is 4. The Kier molecular flexibility index (Phi) is 6.24. The summed E-state index contributed by atoms with van der Waals surface area (Å²) in [5.74, 6) is 5.13. The standard InChI is InChI=1S/C21H19ClFN5O2S/c22-14-10-8-13(9-11-14)19(29)27-12-4-3-7-17(20(27)30)31-21-26-25-18(28(21)24)15-5-1-2-6-16(15)23/h1-2,5-6,8-11,17H,3-4,7,12,24H2. The van der Waals surface area contributed by atoms with Gasteiger partial charge in [0.05, 0.1) is 10.8 Å². The Morgan fingerprint density at radius 2 is 1.87 bits per heavy atom. The lowest BCUT2D eigenvalue weighted by Gasteiger charge is -2.22. The quantitative estimate of drug-likeness (QED) is 0.471. The lowest BCUT2D eigenvalue weighted by atomic mass is 10.2. The van der Waals surface area contributed by atoms with Crippen molar-refractivity contribution in [2.75, 3.05) is 12.4 Å². The molecule has 10 heteroatoms. The maximum Gasteiger partial charge on any atom is 0.260 e. The van der Waals surface area contributed by atoms with Crippen LogP contribution in [0.5, 0.6) is 0 Å². The second-order valence-electron chi connectivity index (χ2n) is 7.06. The number of carbonyl (C=O) groups is 2. The van der Waals surface area contributed by atoms with Gasteiger partial charge in [0.15, 0.2) is 5.82 Å². The Morgan fingerprint density at radius 1 is 1.13 bits per heavy atom. The number of likely N-dealkylation sites (tertiary alicyclic amines) is 1. The van der Waals surface area contributed by atoms with Crippen LogP contribution in [-0.4, -0.2) is 43.4 Å². The summed E-state index contributed by atoms with van der Waals surface area (Å²) in [6.45, 7) is 0.340. The number of carbonyl (C=O) groups excluding carboxylic acids is 2. The number of nitrogens with zero attached hydrogens (tertiary/aromatic N) is 4. The molecule has 1 aromatic heterocycles. The van der Waals surface area contributed by atoms with Gasteiger partial charge in [-0.1, -0.05) is 41.9 Å². The van der Waals surface area contributed by atoms with Gasteiger partial charge in [0.1, 0.15) is 5.82 Å². The van der Waals surface area contributed by atoms with Crippen molar-refractivity contribution in [1.82, 2.24) is 19.8 Å². The zero-order valence-electron chi connectivity index (χ0n) is 16.4. The monoisotopic (exact) mass is 459 g/mol. The highest BCUT2D eigenvalue weighted by atomic mass is 35.5. The second kappa shape index (κ2) is 9.07. The van der Waals surface area contributed by atoms with Crippen LogP contribution in [0.15, 0.2) is 53.7 Å². The molecule has 0 spiro atoms. The molecule has 1 saturated heterocycles. The molecule has 31 heavy (non-hydrogen) atoms. The first kappa shape index (κ1) is 21.3. The van der Waals surface area contributed by atoms with Gasteiger partial charge in [-0.15, -0.1) is 10.2 Å². The van der Waals surface area contributed by atoms with E-state index in [0.717, 1.165) is 18.2 Å². The molecular weight excluding hydrogens is 441 g/mol. The first-order chi connectivity index (χ1) is 15.0. The van der Waals surface area contributed by atoms with Crippen LogP contribution in [0.2, 0.25) is 5.02 Å². The molecule has 7 nitrogen and oxygen atoms in total. The van der Waals surface area contributed by atoms with Gasteiger partial charge in [-0.3, -0.25) is 14.5 Å². The lowest BCUT2D eigenvalue weighted by molar-refractivity contribution is -0.127. The molecule has 1 aliphatic heterocycles. The van der Waals surface area contributed by atoms with Gasteiger partial charge in [0, 0.05) is 17.1 Å². The first-order valence-electron chi connectivity index (χ1n) is 9.69. The van der Waals surface area contributed by atoms with Crippen LogP contribution >= 0.6 is 23.4 Å². The van der Waals surface area contributed by atoms with E-state index < -0.39 is 11.1 Å². The number of aromatic nitrogens is 3. The normalized spacial score (nSPS) is 16.9. The van der Waals surface area contributed by atoms with Crippen LogP contribution in [0.3, 0.4) is 0 Å². The summed E-state index contributed by atoms with van der Waals surface area (Å²) >= 11 is 7.03. The number of hydrogen-bond donors (Lipinski definition) is 1. The second-order valence-corrected chi connectivity index (χ2v) is 8.67. The Bertz CT molecular complexity index is 1120. The number of imide groups is 1. The van der Waals surface area contributed by atoms with Gasteiger partial charge < -0.3 is 5.84 Å². The van der Waals surface area contributed by atoms with Crippen molar-refractivity contribution in [3.63, 3.8) is 0 Å². The van der Waals surface area contributed by atoms with E-state index in [1.54, 1.807) is 42.5 Å². The van der Waals surface area contributed by atoms with Crippen LogP contribution in [0, 0.1) is 5.82 Å². The van der Waals surface area contributed by atoms with Crippen molar-refractivity contribution in [2.24, 2.45) is 0 Å². The Morgan fingerprint density at radius 3 is 2.61 bits per heavy atom. The molecule has 2 aromatic carbocycles. The Hall–Kier alpha value is -2.91. The zero-order valence-corrected chi connectivity index (χ0v) is 17.9. The summed E-state index contributed by atoms with van der Waals surface area (Å²) in [6.07, 6.45) is 2.04. The van der Waals surface area contributed by atoms with E-state index in [2.05, 4.69) is 10.2 Å². The number of thioether (sulfide) groups is 1. The predicted octanol–water partition coefficient (Wildman–Crippen LogP) is 3.77. The van der Waals surface area contributed by atoms with Gasteiger partial charge in [-0.2, -0.15) is 0 Å². The Labute approximate surface area is 187 Å². The number of nitrogens with two attached hydrogens (primary N) is 1. The highest BCUT2D eigenvalue weighted by Gasteiger charge is 2.33. The van der Waals surface area contributed by atoms with Crippen molar-refractivity contribution in [1.29, 1.82) is 0 Å². The van der Waals surface area contributed by atoms with Crippen molar-refractivity contribution in [2.45, 2.75) is 29.7 Å². The summed E-state index contributed by atoms with van der Waals surface area (Å²) in [7, 11) is 0. The van der Waals surface area contributed by atoms with Crippen LogP contribution in [0.4, 0.5) is 4.39 Å². The third-order valence-electron chi connectivity index (χ3n) is 5.00. The third kappa shape index (κ3) is 4.42. The molecule has 1 atom stereocenters. The summed E-state index contributed by atoms with van der Waals surface area (Å²) in [5, 5.41) is 8.27. The fourth-order valence-electron chi connectivity index (χ4n) is 3.38. The highest BCUT2D eigenvalue weighted by Crippen LogP contribution is 2.31. The number of benzene rings is 2. The van der Waals surface area contributed by atoms with E-state index in [4.69, 9.17) is 17.4 Å². The Balaban J connectivity index is 1.56. The minimum atomic E-state index is -0.557. The van der Waals surface area contributed by atoms with Crippen LogP contribution < -0.4 is 5.84 Å². The average Bonchev–Trinajstić information content (AvgIpc) is 3.02. The van der Waals surface area contributed by atoms with Crippen molar-refractivity contribution in [3.05, 3.63) is 64.9 Å². The summed E-state index contributed by atoms with van der Waals surface area (Å²) < 4.78 is 15.3. The number of hydrogen-bond acceptors (Lipinski definition) is 6. The largest absolute Gasteiger partial charge is 0.335 e. The minimum Gasteiger partial charge on any atom is -0.335 e. The first-order valence-corrected chi connectivity index (χ1v) is 10.9. The van der Waals surface area contributed by atoms with Crippen molar-refractivity contribution in [3.8, 4) is 11.4 Å². The fraction of sp³-hybridized carbons (Fsp3) is 0.238. The molecule has 1 fully saturated rings. The maximum atomic E-state index is 14.1. The van der Waals surface area contributed by atoms with E-state index >= 15 is 0 Å². The highest BCUT2D eigenvalue weighted by molar-refractivity contribution is 8.00. The van der Waals surface area contributed by atoms with Crippen molar-refractivity contribution >= 4 is 35.2 Å². The minimum absolute atomic E-state index is 0.163. The number of halogens is 2. The molecule has 0 radical (unpaired) electrons. The van der Waals surface area contributed by atoms with Gasteiger partial charge >= 0.3 is 0 Å². The molecule has 1 unspecified atom stereocenters. The lowest BCUT2D eigenvalue weighted by Crippen LogP contribution is -2.41. The molecule has 2 amide bonds. The smallest absolute Gasteiger partial charge is 0.260 e. The molecule has 2 N–H and O–H groups in total.